The summed E-state index contributed by atoms with van der Waals surface area (Å²) in [5.74, 6) is -1.79. The minimum Gasteiger partial charge on any atom is -0.459 e. The molecule has 0 aliphatic rings. The normalized spacial score (nSPS) is 9.31. The minimum atomic E-state index is -0.934. The second-order valence-corrected chi connectivity index (χ2v) is 2.03. The molecule has 7 heteroatoms. The molecule has 13 heavy (non-hydrogen) atoms. The SMILES string of the molecule is CCOC(=O)C(=O)Nn1cnnc1. The largest absolute Gasteiger partial charge is 0.459 e. The molecule has 0 saturated heterocycles. The van der Waals surface area contributed by atoms with Gasteiger partial charge in [-0.1, -0.05) is 0 Å². The molecule has 1 rings (SSSR count). The number of rotatable bonds is 2. The van der Waals surface area contributed by atoms with Gasteiger partial charge in [0.1, 0.15) is 12.7 Å². The van der Waals surface area contributed by atoms with Gasteiger partial charge < -0.3 is 4.74 Å². The van der Waals surface area contributed by atoms with Crippen molar-refractivity contribution in [2.75, 3.05) is 12.0 Å². The molecule has 0 aromatic carbocycles. The molecule has 70 valence electrons. The Morgan fingerprint density at radius 3 is 2.62 bits per heavy atom. The number of carbonyl (C=O) groups excluding carboxylic acids is 2. The number of nitrogens with one attached hydrogen (secondary N) is 1. The first kappa shape index (κ1) is 9.17. The number of ether oxygens (including phenoxy) is 1. The number of carbonyl (C=O) groups is 2. The number of esters is 1. The van der Waals surface area contributed by atoms with E-state index in [1.807, 2.05) is 0 Å². The monoisotopic (exact) mass is 184 g/mol. The van der Waals surface area contributed by atoms with Crippen LogP contribution in [0.5, 0.6) is 0 Å². The van der Waals surface area contributed by atoms with Crippen molar-refractivity contribution in [3.8, 4) is 0 Å². The molecule has 0 bridgehead atoms. The van der Waals surface area contributed by atoms with E-state index < -0.39 is 11.9 Å². The van der Waals surface area contributed by atoms with Crippen molar-refractivity contribution in [2.45, 2.75) is 6.92 Å². The molecule has 0 atom stereocenters. The molecule has 1 amide bonds. The van der Waals surface area contributed by atoms with Crippen LogP contribution in [0.4, 0.5) is 0 Å². The Morgan fingerprint density at radius 1 is 1.46 bits per heavy atom. The van der Waals surface area contributed by atoms with Gasteiger partial charge in [-0.3, -0.25) is 10.2 Å². The Morgan fingerprint density at radius 2 is 2.08 bits per heavy atom. The Hall–Kier alpha value is -1.92. The number of amides is 1. The number of hydrogen-bond acceptors (Lipinski definition) is 5. The van der Waals surface area contributed by atoms with Crippen molar-refractivity contribution in [1.82, 2.24) is 14.9 Å². The van der Waals surface area contributed by atoms with E-state index in [2.05, 4.69) is 20.4 Å². The number of nitrogens with zero attached hydrogens (tertiary/aromatic N) is 3. The van der Waals surface area contributed by atoms with Gasteiger partial charge in [-0.15, -0.1) is 10.2 Å². The molecule has 0 saturated carbocycles. The first-order valence-electron chi connectivity index (χ1n) is 3.56. The molecule has 1 aromatic rings. The summed E-state index contributed by atoms with van der Waals surface area (Å²) in [6.07, 6.45) is 2.49. The fourth-order valence-corrected chi connectivity index (χ4v) is 0.618. The highest BCUT2D eigenvalue weighted by Gasteiger charge is 2.14. The van der Waals surface area contributed by atoms with Crippen LogP contribution < -0.4 is 5.43 Å². The zero-order chi connectivity index (χ0) is 9.68. The summed E-state index contributed by atoms with van der Waals surface area (Å²) in [7, 11) is 0. The van der Waals surface area contributed by atoms with Crippen molar-refractivity contribution < 1.29 is 14.3 Å². The van der Waals surface area contributed by atoms with Gasteiger partial charge in [0.15, 0.2) is 0 Å². The van der Waals surface area contributed by atoms with Crippen LogP contribution in [0.2, 0.25) is 0 Å². The topological polar surface area (TPSA) is 86.1 Å². The van der Waals surface area contributed by atoms with Crippen molar-refractivity contribution in [2.24, 2.45) is 0 Å². The molecule has 7 nitrogen and oxygen atoms in total. The predicted molar refractivity (Wildman–Crippen MR) is 41.0 cm³/mol. The zero-order valence-electron chi connectivity index (χ0n) is 6.93. The Kier molecular flexibility index (Phi) is 2.96. The molecule has 1 N–H and O–H groups in total. The Bertz CT molecular complexity index is 295. The summed E-state index contributed by atoms with van der Waals surface area (Å²) in [4.78, 5) is 21.7. The van der Waals surface area contributed by atoms with E-state index >= 15 is 0 Å². The molecular formula is C6H8N4O3. The summed E-state index contributed by atoms with van der Waals surface area (Å²) in [5.41, 5.74) is 2.18. The maximum absolute atomic E-state index is 10.9. The first-order valence-corrected chi connectivity index (χ1v) is 3.56. The quantitative estimate of drug-likeness (QED) is 0.466. The molecule has 0 fully saturated rings. The van der Waals surface area contributed by atoms with E-state index in [-0.39, 0.29) is 6.61 Å². The maximum atomic E-state index is 10.9. The van der Waals surface area contributed by atoms with Gasteiger partial charge in [0.2, 0.25) is 0 Å². The predicted octanol–water partition coefficient (Wildman–Crippen LogP) is -1.09. The van der Waals surface area contributed by atoms with Gasteiger partial charge in [-0.25, -0.2) is 9.47 Å². The third-order valence-electron chi connectivity index (χ3n) is 1.11. The summed E-state index contributed by atoms with van der Waals surface area (Å²) in [5, 5.41) is 6.85. The van der Waals surface area contributed by atoms with Crippen LogP contribution in [-0.4, -0.2) is 33.4 Å². The molecule has 0 radical (unpaired) electrons. The highest BCUT2D eigenvalue weighted by molar-refractivity contribution is 6.35. The van der Waals surface area contributed by atoms with Crippen LogP contribution >= 0.6 is 0 Å². The van der Waals surface area contributed by atoms with Crippen LogP contribution in [0.3, 0.4) is 0 Å². The Balaban J connectivity index is 2.46. The number of hydrogen-bond donors (Lipinski definition) is 1. The fraction of sp³-hybridized carbons (Fsp3) is 0.333. The molecule has 1 aromatic heterocycles. The molecule has 0 aliphatic carbocycles. The van der Waals surface area contributed by atoms with Crippen LogP contribution in [-0.2, 0) is 14.3 Å². The van der Waals surface area contributed by atoms with E-state index in [9.17, 15) is 9.59 Å². The van der Waals surface area contributed by atoms with E-state index in [0.717, 1.165) is 4.68 Å². The number of aromatic nitrogens is 3. The summed E-state index contributed by atoms with van der Waals surface area (Å²) < 4.78 is 5.60. The fourth-order valence-electron chi connectivity index (χ4n) is 0.618. The average molecular weight is 184 g/mol. The summed E-state index contributed by atoms with van der Waals surface area (Å²) >= 11 is 0. The summed E-state index contributed by atoms with van der Waals surface area (Å²) in [6, 6.07) is 0. The van der Waals surface area contributed by atoms with Crippen LogP contribution in [0.1, 0.15) is 6.92 Å². The van der Waals surface area contributed by atoms with Gasteiger partial charge in [0.25, 0.3) is 0 Å². The van der Waals surface area contributed by atoms with Gasteiger partial charge >= 0.3 is 11.9 Å². The van der Waals surface area contributed by atoms with E-state index in [0.29, 0.717) is 0 Å². The highest BCUT2D eigenvalue weighted by atomic mass is 16.5. The molecule has 1 heterocycles. The second kappa shape index (κ2) is 4.19. The lowest BCUT2D eigenvalue weighted by molar-refractivity contribution is -0.152. The van der Waals surface area contributed by atoms with Gasteiger partial charge in [0, 0.05) is 0 Å². The van der Waals surface area contributed by atoms with Crippen molar-refractivity contribution in [3.05, 3.63) is 12.7 Å². The third-order valence-corrected chi connectivity index (χ3v) is 1.11. The van der Waals surface area contributed by atoms with Crippen molar-refractivity contribution in [1.29, 1.82) is 0 Å². The van der Waals surface area contributed by atoms with Gasteiger partial charge in [-0.2, -0.15) is 0 Å². The average Bonchev–Trinajstić information content (AvgIpc) is 2.57. The van der Waals surface area contributed by atoms with E-state index in [4.69, 9.17) is 0 Å². The lowest BCUT2D eigenvalue weighted by Gasteiger charge is -2.02. The summed E-state index contributed by atoms with van der Waals surface area (Å²) in [6.45, 7) is 1.78. The molecular weight excluding hydrogens is 176 g/mol. The smallest absolute Gasteiger partial charge is 0.398 e. The van der Waals surface area contributed by atoms with Gasteiger partial charge in [-0.05, 0) is 6.92 Å². The molecule has 0 unspecified atom stereocenters. The first-order chi connectivity index (χ1) is 6.24. The van der Waals surface area contributed by atoms with Crippen molar-refractivity contribution >= 4 is 11.9 Å². The molecule has 0 spiro atoms. The van der Waals surface area contributed by atoms with E-state index in [1.54, 1.807) is 6.92 Å². The third kappa shape index (κ3) is 2.55. The lowest BCUT2D eigenvalue weighted by Crippen LogP contribution is -2.30. The standard InChI is InChI=1S/C6H8N4O3/c1-2-13-6(12)5(11)9-10-3-7-8-4-10/h3-4H,2H2,1H3,(H,9,11). The van der Waals surface area contributed by atoms with Crippen LogP contribution in [0, 0.1) is 0 Å². The van der Waals surface area contributed by atoms with Crippen molar-refractivity contribution in [3.63, 3.8) is 0 Å². The second-order valence-electron chi connectivity index (χ2n) is 2.03. The Labute approximate surface area is 73.7 Å². The minimum absolute atomic E-state index is 0.161. The molecule has 0 aliphatic heterocycles. The van der Waals surface area contributed by atoms with E-state index in [1.165, 1.54) is 12.7 Å². The van der Waals surface area contributed by atoms with Gasteiger partial charge in [0.05, 0.1) is 6.61 Å². The van der Waals surface area contributed by atoms with Crippen LogP contribution in [0.15, 0.2) is 12.7 Å². The zero-order valence-corrected chi connectivity index (χ0v) is 6.93. The maximum Gasteiger partial charge on any atom is 0.398 e. The highest BCUT2D eigenvalue weighted by Crippen LogP contribution is 1.81. The lowest BCUT2D eigenvalue weighted by atomic mass is 10.6. The van der Waals surface area contributed by atoms with Crippen LogP contribution in [0.25, 0.3) is 0 Å².